The zero-order valence-corrected chi connectivity index (χ0v) is 18.4. The number of carbonyl (C=O) groups excluding carboxylic acids is 2. The summed E-state index contributed by atoms with van der Waals surface area (Å²) in [6.07, 6.45) is 2.32. The van der Waals surface area contributed by atoms with Crippen LogP contribution in [0.1, 0.15) is 35.3 Å². The van der Waals surface area contributed by atoms with Crippen molar-refractivity contribution in [2.45, 2.75) is 25.8 Å². The number of fused-ring (bicyclic) bond motifs is 1. The molecule has 2 amide bonds. The zero-order valence-electron chi connectivity index (χ0n) is 17.7. The number of hydrogen-bond donors (Lipinski definition) is 0. The fourth-order valence-corrected chi connectivity index (χ4v) is 5.37. The van der Waals surface area contributed by atoms with Crippen molar-refractivity contribution in [2.75, 3.05) is 19.6 Å². The second kappa shape index (κ2) is 7.72. The maximum atomic E-state index is 13.3. The van der Waals surface area contributed by atoms with Crippen LogP contribution in [0.4, 0.5) is 0 Å². The van der Waals surface area contributed by atoms with E-state index in [0.29, 0.717) is 30.4 Å². The van der Waals surface area contributed by atoms with Gasteiger partial charge in [-0.25, -0.2) is 0 Å². The second-order valence-corrected chi connectivity index (χ2v) is 9.26. The number of para-hydroxylation sites is 1. The Hall–Kier alpha value is -2.79. The Bertz CT molecular complexity index is 1160. The van der Waals surface area contributed by atoms with Crippen LogP contribution in [0.25, 0.3) is 10.9 Å². The molecule has 0 bridgehead atoms. The van der Waals surface area contributed by atoms with E-state index in [1.807, 2.05) is 76.0 Å². The molecule has 0 aliphatic carbocycles. The van der Waals surface area contributed by atoms with E-state index < -0.39 is 0 Å². The zero-order chi connectivity index (χ0) is 21.6. The van der Waals surface area contributed by atoms with Gasteiger partial charge >= 0.3 is 0 Å². The molecule has 2 fully saturated rings. The average Bonchev–Trinajstić information content (AvgIpc) is 3.27. The third kappa shape index (κ3) is 3.51. The first-order valence-corrected chi connectivity index (χ1v) is 11.2. The fraction of sp³-hybridized carbons (Fsp3) is 0.360. The lowest BCUT2D eigenvalue weighted by Crippen LogP contribution is -2.46. The van der Waals surface area contributed by atoms with E-state index in [2.05, 4.69) is 0 Å². The summed E-state index contributed by atoms with van der Waals surface area (Å²) < 4.78 is 1.97. The molecule has 0 atom stereocenters. The Kier molecular flexibility index (Phi) is 5.01. The van der Waals surface area contributed by atoms with Crippen LogP contribution >= 0.6 is 11.6 Å². The van der Waals surface area contributed by atoms with Crippen molar-refractivity contribution in [3.05, 3.63) is 70.9 Å². The maximum Gasteiger partial charge on any atom is 0.270 e. The molecule has 5 rings (SSSR count). The van der Waals surface area contributed by atoms with Crippen LogP contribution in [0.15, 0.2) is 54.6 Å². The molecule has 6 heteroatoms. The highest BCUT2D eigenvalue weighted by Gasteiger charge is 2.48. The molecule has 3 aromatic rings. The molecule has 2 aliphatic rings. The lowest BCUT2D eigenvalue weighted by molar-refractivity contribution is -0.138. The number of likely N-dealkylation sites (tertiary alicyclic amines) is 2. The molecule has 1 spiro atoms. The van der Waals surface area contributed by atoms with Crippen LogP contribution < -0.4 is 0 Å². The fourth-order valence-electron chi connectivity index (χ4n) is 5.16. The summed E-state index contributed by atoms with van der Waals surface area (Å²) in [5.74, 6) is 0.277. The number of amides is 2. The van der Waals surface area contributed by atoms with Gasteiger partial charge in [0, 0.05) is 49.2 Å². The minimum Gasteiger partial charge on any atom is -0.340 e. The molecule has 2 saturated heterocycles. The highest BCUT2D eigenvalue weighted by molar-refractivity contribution is 6.30. The Morgan fingerprint density at radius 3 is 2.48 bits per heavy atom. The number of benzene rings is 2. The number of carbonyl (C=O) groups is 2. The highest BCUT2D eigenvalue weighted by atomic mass is 35.5. The number of aromatic nitrogens is 1. The van der Waals surface area contributed by atoms with Crippen molar-refractivity contribution in [3.8, 4) is 0 Å². The number of piperidine rings is 1. The summed E-state index contributed by atoms with van der Waals surface area (Å²) in [5, 5.41) is 1.77. The van der Waals surface area contributed by atoms with E-state index in [0.717, 1.165) is 42.3 Å². The maximum absolute atomic E-state index is 13.3. The quantitative estimate of drug-likeness (QED) is 0.608. The van der Waals surface area contributed by atoms with E-state index in [9.17, 15) is 9.59 Å². The van der Waals surface area contributed by atoms with Crippen molar-refractivity contribution >= 4 is 34.3 Å². The summed E-state index contributed by atoms with van der Waals surface area (Å²) in [6, 6.07) is 17.7. The minimum absolute atomic E-state index is 0.0507. The van der Waals surface area contributed by atoms with E-state index >= 15 is 0 Å². The number of aryl methyl sites for hydroxylation is 1. The molecule has 2 aliphatic heterocycles. The normalized spacial score (nSPS) is 18.3. The van der Waals surface area contributed by atoms with Gasteiger partial charge in [0.05, 0.1) is 5.41 Å². The van der Waals surface area contributed by atoms with Gasteiger partial charge in [0.25, 0.3) is 5.91 Å². The number of halogens is 1. The molecule has 5 nitrogen and oxygen atoms in total. The van der Waals surface area contributed by atoms with E-state index in [4.69, 9.17) is 11.6 Å². The Balaban J connectivity index is 1.27. The Morgan fingerprint density at radius 2 is 1.74 bits per heavy atom. The van der Waals surface area contributed by atoms with Crippen LogP contribution in [0.3, 0.4) is 0 Å². The van der Waals surface area contributed by atoms with Crippen LogP contribution in [-0.2, 0) is 18.4 Å². The minimum atomic E-state index is -0.325. The van der Waals surface area contributed by atoms with E-state index in [1.54, 1.807) is 0 Å². The smallest absolute Gasteiger partial charge is 0.270 e. The first kappa shape index (κ1) is 20.1. The van der Waals surface area contributed by atoms with Crippen LogP contribution in [0, 0.1) is 5.41 Å². The molecule has 160 valence electrons. The first-order chi connectivity index (χ1) is 15.0. The summed E-state index contributed by atoms with van der Waals surface area (Å²) in [7, 11) is 1.94. The summed E-state index contributed by atoms with van der Waals surface area (Å²) in [6.45, 7) is 2.61. The van der Waals surface area contributed by atoms with Crippen molar-refractivity contribution in [3.63, 3.8) is 0 Å². The second-order valence-electron chi connectivity index (χ2n) is 8.83. The van der Waals surface area contributed by atoms with Gasteiger partial charge in [-0.3, -0.25) is 9.59 Å². The van der Waals surface area contributed by atoms with Gasteiger partial charge in [0.1, 0.15) is 5.69 Å². The van der Waals surface area contributed by atoms with Gasteiger partial charge in [0.2, 0.25) is 5.91 Å². The SMILES string of the molecule is Cn1c(C(=O)N2CCC3(CC2)CCN(Cc2cccc(Cl)c2)C3=O)cc2ccccc21. The summed E-state index contributed by atoms with van der Waals surface area (Å²) in [4.78, 5) is 30.3. The highest BCUT2D eigenvalue weighted by Crippen LogP contribution is 2.42. The van der Waals surface area contributed by atoms with E-state index in [1.165, 1.54) is 0 Å². The Morgan fingerprint density at radius 1 is 1.00 bits per heavy atom. The molecule has 0 N–H and O–H groups in total. The first-order valence-electron chi connectivity index (χ1n) is 10.8. The topological polar surface area (TPSA) is 45.6 Å². The third-order valence-electron chi connectivity index (χ3n) is 7.04. The molecule has 0 radical (unpaired) electrons. The third-order valence-corrected chi connectivity index (χ3v) is 7.28. The van der Waals surface area contributed by atoms with Gasteiger partial charge in [-0.15, -0.1) is 0 Å². The molecular weight excluding hydrogens is 410 g/mol. The van der Waals surface area contributed by atoms with Crippen LogP contribution in [0.2, 0.25) is 5.02 Å². The monoisotopic (exact) mass is 435 g/mol. The van der Waals surface area contributed by atoms with Crippen molar-refractivity contribution in [1.82, 2.24) is 14.4 Å². The molecule has 31 heavy (non-hydrogen) atoms. The largest absolute Gasteiger partial charge is 0.340 e. The van der Waals surface area contributed by atoms with Crippen molar-refractivity contribution < 1.29 is 9.59 Å². The number of hydrogen-bond acceptors (Lipinski definition) is 2. The molecular formula is C25H26ClN3O2. The summed E-state index contributed by atoms with van der Waals surface area (Å²) in [5.41, 5.74) is 2.49. The number of rotatable bonds is 3. The lowest BCUT2D eigenvalue weighted by atomic mass is 9.77. The van der Waals surface area contributed by atoms with Crippen LogP contribution in [-0.4, -0.2) is 45.8 Å². The van der Waals surface area contributed by atoms with Crippen LogP contribution in [0.5, 0.6) is 0 Å². The predicted molar refractivity (Wildman–Crippen MR) is 122 cm³/mol. The van der Waals surface area contributed by atoms with Gasteiger partial charge in [-0.1, -0.05) is 41.9 Å². The summed E-state index contributed by atoms with van der Waals surface area (Å²) >= 11 is 6.10. The van der Waals surface area contributed by atoms with Gasteiger partial charge in [-0.05, 0) is 49.1 Å². The molecule has 0 unspecified atom stereocenters. The average molecular weight is 436 g/mol. The standard InChI is InChI=1S/C25H26ClN3O2/c1-27-21-8-3-2-6-19(21)16-22(27)23(30)28-12-9-25(10-13-28)11-14-29(24(25)31)17-18-5-4-7-20(26)15-18/h2-8,15-16H,9-14,17H2,1H3. The molecule has 0 saturated carbocycles. The molecule has 2 aromatic carbocycles. The Labute approximate surface area is 187 Å². The molecule has 3 heterocycles. The molecule has 1 aromatic heterocycles. The van der Waals surface area contributed by atoms with E-state index in [-0.39, 0.29) is 17.2 Å². The van der Waals surface area contributed by atoms with Gasteiger partial charge in [0.15, 0.2) is 0 Å². The number of nitrogens with zero attached hydrogens (tertiary/aromatic N) is 3. The van der Waals surface area contributed by atoms with Crippen molar-refractivity contribution in [2.24, 2.45) is 12.5 Å². The predicted octanol–water partition coefficient (Wildman–Crippen LogP) is 4.49. The van der Waals surface area contributed by atoms with Gasteiger partial charge in [-0.2, -0.15) is 0 Å². The van der Waals surface area contributed by atoms with Crippen molar-refractivity contribution in [1.29, 1.82) is 0 Å². The van der Waals surface area contributed by atoms with Gasteiger partial charge < -0.3 is 14.4 Å². The lowest BCUT2D eigenvalue weighted by Gasteiger charge is -2.38.